The molecule has 1 aliphatic heterocycles. The average Bonchev–Trinajstić information content (AvgIpc) is 2.76. The van der Waals surface area contributed by atoms with E-state index in [1.807, 2.05) is 0 Å². The third-order valence-corrected chi connectivity index (χ3v) is 5.01. The van der Waals surface area contributed by atoms with Crippen LogP contribution in [-0.2, 0) is 14.3 Å². The fourth-order valence-electron chi connectivity index (χ4n) is 3.36. The Bertz CT molecular complexity index is 1030. The Morgan fingerprint density at radius 1 is 0.968 bits per heavy atom. The Labute approximate surface area is 179 Å². The molecule has 164 valence electrons. The van der Waals surface area contributed by atoms with Crippen LogP contribution in [0.15, 0.2) is 36.4 Å². The number of carbonyl (C=O) groups is 3. The number of hydrogen-bond donors (Lipinski definition) is 1. The van der Waals surface area contributed by atoms with Gasteiger partial charge in [0.25, 0.3) is 5.91 Å². The number of anilines is 2. The first-order valence-corrected chi connectivity index (χ1v) is 9.45. The van der Waals surface area contributed by atoms with Crippen molar-refractivity contribution in [2.24, 2.45) is 0 Å². The van der Waals surface area contributed by atoms with Crippen molar-refractivity contribution in [3.63, 3.8) is 0 Å². The van der Waals surface area contributed by atoms with E-state index in [-0.39, 0.29) is 17.2 Å². The minimum Gasteiger partial charge on any atom is -0.496 e. The molecule has 0 fully saturated rings. The molecule has 9 nitrogen and oxygen atoms in total. The summed E-state index contributed by atoms with van der Waals surface area (Å²) in [6.45, 7) is 2.67. The first-order chi connectivity index (χ1) is 14.7. The summed E-state index contributed by atoms with van der Waals surface area (Å²) in [5, 5.41) is 2.78. The SMILES string of the molecule is COc1cc(OC)c(C(=O)OCC(=O)N2c3ccccc3NC(=O)C2(C)C)cc1OC. The highest BCUT2D eigenvalue weighted by Crippen LogP contribution is 2.37. The molecule has 1 aliphatic rings. The molecule has 2 aromatic carbocycles. The van der Waals surface area contributed by atoms with Gasteiger partial charge in [-0.15, -0.1) is 0 Å². The van der Waals surface area contributed by atoms with Crippen LogP contribution in [0, 0.1) is 0 Å². The van der Waals surface area contributed by atoms with Gasteiger partial charge < -0.3 is 24.3 Å². The van der Waals surface area contributed by atoms with E-state index in [4.69, 9.17) is 18.9 Å². The van der Waals surface area contributed by atoms with Gasteiger partial charge in [0.1, 0.15) is 16.9 Å². The van der Waals surface area contributed by atoms with Crippen LogP contribution in [0.4, 0.5) is 11.4 Å². The lowest BCUT2D eigenvalue weighted by Crippen LogP contribution is -2.59. The number of nitrogens with zero attached hydrogens (tertiary/aromatic N) is 1. The minimum absolute atomic E-state index is 0.0731. The molecule has 1 heterocycles. The summed E-state index contributed by atoms with van der Waals surface area (Å²) in [6.07, 6.45) is 0. The molecule has 2 amide bonds. The Morgan fingerprint density at radius 2 is 1.58 bits per heavy atom. The van der Waals surface area contributed by atoms with E-state index in [9.17, 15) is 14.4 Å². The summed E-state index contributed by atoms with van der Waals surface area (Å²) in [5.41, 5.74) is -0.0623. The lowest BCUT2D eigenvalue weighted by Gasteiger charge is -2.41. The number of methoxy groups -OCH3 is 3. The highest BCUT2D eigenvalue weighted by Gasteiger charge is 2.43. The number of rotatable bonds is 6. The first-order valence-electron chi connectivity index (χ1n) is 9.45. The number of amides is 2. The molecule has 0 atom stereocenters. The lowest BCUT2D eigenvalue weighted by molar-refractivity contribution is -0.128. The number of fused-ring (bicyclic) bond motifs is 1. The first kappa shape index (κ1) is 21.9. The maximum absolute atomic E-state index is 13.0. The highest BCUT2D eigenvalue weighted by molar-refractivity contribution is 6.14. The van der Waals surface area contributed by atoms with Crippen LogP contribution in [0.1, 0.15) is 24.2 Å². The van der Waals surface area contributed by atoms with E-state index < -0.39 is 24.0 Å². The predicted molar refractivity (Wildman–Crippen MR) is 113 cm³/mol. The van der Waals surface area contributed by atoms with E-state index >= 15 is 0 Å². The van der Waals surface area contributed by atoms with Crippen molar-refractivity contribution in [2.45, 2.75) is 19.4 Å². The van der Waals surface area contributed by atoms with E-state index in [0.29, 0.717) is 22.9 Å². The van der Waals surface area contributed by atoms with Gasteiger partial charge in [-0.3, -0.25) is 14.5 Å². The quantitative estimate of drug-likeness (QED) is 0.706. The number of carbonyl (C=O) groups excluding carboxylic acids is 3. The molecule has 0 saturated carbocycles. The van der Waals surface area contributed by atoms with Gasteiger partial charge in [0.15, 0.2) is 18.1 Å². The second kappa shape index (κ2) is 8.55. The molecule has 31 heavy (non-hydrogen) atoms. The fraction of sp³-hybridized carbons (Fsp3) is 0.318. The van der Waals surface area contributed by atoms with Crippen LogP contribution >= 0.6 is 0 Å². The molecule has 0 bridgehead atoms. The summed E-state index contributed by atoms with van der Waals surface area (Å²) >= 11 is 0. The number of para-hydroxylation sites is 2. The zero-order chi connectivity index (χ0) is 22.8. The van der Waals surface area contributed by atoms with Crippen molar-refractivity contribution in [1.82, 2.24) is 0 Å². The summed E-state index contributed by atoms with van der Waals surface area (Å²) in [6, 6.07) is 9.83. The van der Waals surface area contributed by atoms with Crippen molar-refractivity contribution >= 4 is 29.2 Å². The molecular formula is C22H24N2O7. The number of ether oxygens (including phenoxy) is 4. The summed E-state index contributed by atoms with van der Waals surface area (Å²) in [4.78, 5) is 39.6. The van der Waals surface area contributed by atoms with Crippen molar-refractivity contribution in [2.75, 3.05) is 38.2 Å². The maximum Gasteiger partial charge on any atom is 0.342 e. The minimum atomic E-state index is -1.17. The van der Waals surface area contributed by atoms with E-state index in [0.717, 1.165) is 0 Å². The van der Waals surface area contributed by atoms with E-state index in [2.05, 4.69) is 5.32 Å². The van der Waals surface area contributed by atoms with E-state index in [1.54, 1.807) is 38.1 Å². The van der Waals surface area contributed by atoms with Crippen LogP contribution in [0.2, 0.25) is 0 Å². The van der Waals surface area contributed by atoms with Crippen molar-refractivity contribution in [3.05, 3.63) is 42.0 Å². The Balaban J connectivity index is 1.84. The maximum atomic E-state index is 13.0. The van der Waals surface area contributed by atoms with Crippen LogP contribution < -0.4 is 24.4 Å². The summed E-state index contributed by atoms with van der Waals surface area (Å²) < 4.78 is 20.9. The standard InChI is InChI=1S/C22H24N2O7/c1-22(2)21(27)23-14-8-6-7-9-15(14)24(22)19(25)12-31-20(26)13-10-17(29-4)18(30-5)11-16(13)28-3/h6-11H,12H2,1-5H3,(H,23,27). The molecule has 1 N–H and O–H groups in total. The van der Waals surface area contributed by atoms with Crippen LogP contribution in [0.5, 0.6) is 17.2 Å². The molecule has 2 aromatic rings. The van der Waals surface area contributed by atoms with Gasteiger partial charge in [-0.25, -0.2) is 4.79 Å². The second-order valence-electron chi connectivity index (χ2n) is 7.24. The Morgan fingerprint density at radius 3 is 2.23 bits per heavy atom. The molecular weight excluding hydrogens is 404 g/mol. The lowest BCUT2D eigenvalue weighted by atomic mass is 9.96. The van der Waals surface area contributed by atoms with Crippen molar-refractivity contribution in [3.8, 4) is 17.2 Å². The molecule has 3 rings (SSSR count). The van der Waals surface area contributed by atoms with Crippen molar-refractivity contribution < 1.29 is 33.3 Å². The molecule has 0 saturated heterocycles. The van der Waals surface area contributed by atoms with Gasteiger partial charge in [-0.05, 0) is 26.0 Å². The van der Waals surface area contributed by atoms with Gasteiger partial charge in [0.05, 0.1) is 32.7 Å². The number of hydrogen-bond acceptors (Lipinski definition) is 7. The van der Waals surface area contributed by atoms with Gasteiger partial charge in [0, 0.05) is 12.1 Å². The Kier molecular flexibility index (Phi) is 6.05. The third kappa shape index (κ3) is 3.98. The number of nitrogens with one attached hydrogen (secondary N) is 1. The zero-order valence-electron chi connectivity index (χ0n) is 18.0. The predicted octanol–water partition coefficient (Wildman–Crippen LogP) is 2.63. The largest absolute Gasteiger partial charge is 0.496 e. The molecule has 0 aromatic heterocycles. The van der Waals surface area contributed by atoms with Gasteiger partial charge in [0.2, 0.25) is 5.91 Å². The normalized spacial score (nSPS) is 14.2. The molecule has 0 radical (unpaired) electrons. The monoisotopic (exact) mass is 428 g/mol. The highest BCUT2D eigenvalue weighted by atomic mass is 16.5. The van der Waals surface area contributed by atoms with Gasteiger partial charge >= 0.3 is 5.97 Å². The molecule has 0 aliphatic carbocycles. The van der Waals surface area contributed by atoms with E-state index in [1.165, 1.54) is 38.4 Å². The van der Waals surface area contributed by atoms with Crippen LogP contribution in [0.25, 0.3) is 0 Å². The van der Waals surface area contributed by atoms with Crippen molar-refractivity contribution in [1.29, 1.82) is 0 Å². The second-order valence-corrected chi connectivity index (χ2v) is 7.24. The summed E-state index contributed by atoms with van der Waals surface area (Å²) in [5.74, 6) is -0.765. The smallest absolute Gasteiger partial charge is 0.342 e. The third-order valence-electron chi connectivity index (χ3n) is 5.01. The van der Waals surface area contributed by atoms with Gasteiger partial charge in [-0.2, -0.15) is 0 Å². The number of esters is 1. The fourth-order valence-corrected chi connectivity index (χ4v) is 3.36. The van der Waals surface area contributed by atoms with Gasteiger partial charge in [-0.1, -0.05) is 12.1 Å². The molecule has 0 spiro atoms. The topological polar surface area (TPSA) is 103 Å². The molecule has 0 unspecified atom stereocenters. The van der Waals surface area contributed by atoms with Crippen LogP contribution in [0.3, 0.4) is 0 Å². The average molecular weight is 428 g/mol. The zero-order valence-corrected chi connectivity index (χ0v) is 18.0. The summed E-state index contributed by atoms with van der Waals surface area (Å²) in [7, 11) is 4.29. The number of benzene rings is 2. The van der Waals surface area contributed by atoms with Crippen LogP contribution in [-0.4, -0.2) is 51.3 Å². The Hall–Kier alpha value is -3.75. The molecule has 9 heteroatoms.